The van der Waals surface area contributed by atoms with E-state index in [4.69, 9.17) is 4.74 Å². The van der Waals surface area contributed by atoms with Gasteiger partial charge in [-0.1, -0.05) is 6.07 Å². The number of aromatic nitrogens is 1. The molecule has 0 aliphatic carbocycles. The fraction of sp³-hybridized carbons (Fsp3) is 0.333. The summed E-state index contributed by atoms with van der Waals surface area (Å²) in [5, 5.41) is 5.42. The number of nitrogens with zero attached hydrogens (tertiary/aromatic N) is 2. The van der Waals surface area contributed by atoms with Crippen molar-refractivity contribution >= 4 is 17.4 Å². The zero-order valence-electron chi connectivity index (χ0n) is 14.2. The van der Waals surface area contributed by atoms with Gasteiger partial charge in [-0.25, -0.2) is 13.8 Å². The first-order valence-corrected chi connectivity index (χ1v) is 8.39. The molecule has 8 heteroatoms. The Bertz CT molecular complexity index is 746. The van der Waals surface area contributed by atoms with Crippen molar-refractivity contribution in [2.24, 2.45) is 0 Å². The highest BCUT2D eigenvalue weighted by Gasteiger charge is 2.13. The number of nitrogens with one attached hydrogen (secondary N) is 2. The summed E-state index contributed by atoms with van der Waals surface area (Å²) >= 11 is 0. The molecule has 138 valence electrons. The molecular weight excluding hydrogens is 342 g/mol. The number of carbonyl (C=O) groups excluding carboxylic acids is 1. The molecule has 0 unspecified atom stereocenters. The fourth-order valence-electron chi connectivity index (χ4n) is 2.64. The lowest BCUT2D eigenvalue weighted by molar-refractivity contribution is 0.0383. The Balaban J connectivity index is 1.58. The third kappa shape index (κ3) is 4.74. The van der Waals surface area contributed by atoms with Crippen LogP contribution in [0.25, 0.3) is 0 Å². The lowest BCUT2D eigenvalue weighted by Gasteiger charge is -2.26. The van der Waals surface area contributed by atoms with E-state index in [1.807, 2.05) is 0 Å². The van der Waals surface area contributed by atoms with E-state index >= 15 is 0 Å². The number of para-hydroxylation sites is 1. The van der Waals surface area contributed by atoms with Gasteiger partial charge >= 0.3 is 0 Å². The van der Waals surface area contributed by atoms with Crippen LogP contribution in [0, 0.1) is 11.6 Å². The Morgan fingerprint density at radius 2 is 1.92 bits per heavy atom. The van der Waals surface area contributed by atoms with E-state index in [-0.39, 0.29) is 17.4 Å². The molecule has 1 aromatic heterocycles. The van der Waals surface area contributed by atoms with Gasteiger partial charge in [0.05, 0.1) is 13.2 Å². The lowest BCUT2D eigenvalue weighted by Crippen LogP contribution is -2.41. The summed E-state index contributed by atoms with van der Waals surface area (Å²) in [6.45, 7) is 4.37. The molecule has 1 saturated heterocycles. The Hall–Kier alpha value is -2.58. The van der Waals surface area contributed by atoms with E-state index in [9.17, 15) is 13.6 Å². The van der Waals surface area contributed by atoms with Crippen LogP contribution in [-0.2, 0) is 4.74 Å². The Morgan fingerprint density at radius 3 is 2.65 bits per heavy atom. The fourth-order valence-corrected chi connectivity index (χ4v) is 2.64. The maximum atomic E-state index is 13.7. The van der Waals surface area contributed by atoms with Gasteiger partial charge in [-0.15, -0.1) is 0 Å². The van der Waals surface area contributed by atoms with Gasteiger partial charge in [0.1, 0.15) is 23.1 Å². The molecule has 1 aliphatic rings. The quantitative estimate of drug-likeness (QED) is 0.824. The molecule has 1 fully saturated rings. The van der Waals surface area contributed by atoms with E-state index in [0.717, 1.165) is 31.8 Å². The molecule has 1 aromatic carbocycles. The van der Waals surface area contributed by atoms with Crippen LogP contribution in [0.15, 0.2) is 36.5 Å². The van der Waals surface area contributed by atoms with Crippen molar-refractivity contribution in [2.75, 3.05) is 44.7 Å². The predicted molar refractivity (Wildman–Crippen MR) is 93.5 cm³/mol. The zero-order valence-corrected chi connectivity index (χ0v) is 14.2. The average Bonchev–Trinajstić information content (AvgIpc) is 2.66. The number of morpholine rings is 1. The number of hydrogen-bond acceptors (Lipinski definition) is 5. The van der Waals surface area contributed by atoms with E-state index in [2.05, 4.69) is 20.5 Å². The summed E-state index contributed by atoms with van der Waals surface area (Å²) in [7, 11) is 0. The number of pyridine rings is 1. The molecule has 26 heavy (non-hydrogen) atoms. The second-order valence-electron chi connectivity index (χ2n) is 5.86. The van der Waals surface area contributed by atoms with E-state index in [1.54, 1.807) is 6.07 Å². The first-order valence-electron chi connectivity index (χ1n) is 8.39. The smallest absolute Gasteiger partial charge is 0.251 e. The van der Waals surface area contributed by atoms with E-state index in [1.165, 1.54) is 18.3 Å². The van der Waals surface area contributed by atoms with Crippen molar-refractivity contribution in [1.29, 1.82) is 0 Å². The van der Waals surface area contributed by atoms with Gasteiger partial charge in [-0.2, -0.15) is 0 Å². The molecule has 1 aliphatic heterocycles. The average molecular weight is 362 g/mol. The third-order valence-electron chi connectivity index (χ3n) is 4.06. The van der Waals surface area contributed by atoms with Crippen LogP contribution in [0.2, 0.25) is 0 Å². The third-order valence-corrected chi connectivity index (χ3v) is 4.06. The molecule has 2 N–H and O–H groups in total. The molecule has 6 nitrogen and oxygen atoms in total. The lowest BCUT2D eigenvalue weighted by atomic mass is 10.2. The minimum absolute atomic E-state index is 0.190. The number of anilines is 2. The topological polar surface area (TPSA) is 66.5 Å². The van der Waals surface area contributed by atoms with Gasteiger partial charge in [0.2, 0.25) is 0 Å². The van der Waals surface area contributed by atoms with Crippen LogP contribution in [-0.4, -0.2) is 55.2 Å². The van der Waals surface area contributed by atoms with Crippen molar-refractivity contribution in [2.45, 2.75) is 0 Å². The van der Waals surface area contributed by atoms with Gasteiger partial charge in [-0.05, 0) is 24.3 Å². The molecule has 0 atom stereocenters. The van der Waals surface area contributed by atoms with Crippen molar-refractivity contribution < 1.29 is 18.3 Å². The molecule has 0 radical (unpaired) electrons. The molecule has 1 amide bonds. The monoisotopic (exact) mass is 362 g/mol. The summed E-state index contributed by atoms with van der Waals surface area (Å²) < 4.78 is 32.7. The highest BCUT2D eigenvalue weighted by molar-refractivity contribution is 5.94. The van der Waals surface area contributed by atoms with Gasteiger partial charge in [0, 0.05) is 37.9 Å². The number of amides is 1. The van der Waals surface area contributed by atoms with Crippen molar-refractivity contribution in [3.63, 3.8) is 0 Å². The maximum absolute atomic E-state index is 13.7. The number of rotatable bonds is 6. The molecular formula is C18H20F2N4O2. The number of halogens is 2. The van der Waals surface area contributed by atoms with Crippen LogP contribution >= 0.6 is 0 Å². The summed E-state index contributed by atoms with van der Waals surface area (Å²) in [5.74, 6) is -1.54. The standard InChI is InChI=1S/C18H20F2N4O2/c19-14-2-1-3-15(20)17(14)23-16-12-13(4-5-21-16)18(25)22-6-7-24-8-10-26-11-9-24/h1-5,12H,6-11H2,(H,21,23)(H,22,25). The maximum Gasteiger partial charge on any atom is 0.251 e. The van der Waals surface area contributed by atoms with Crippen LogP contribution in [0.3, 0.4) is 0 Å². The minimum Gasteiger partial charge on any atom is -0.379 e. The largest absolute Gasteiger partial charge is 0.379 e. The number of carbonyl (C=O) groups is 1. The van der Waals surface area contributed by atoms with Gasteiger partial charge in [0.15, 0.2) is 0 Å². The Labute approximate surface area is 150 Å². The second kappa shape index (κ2) is 8.68. The molecule has 2 heterocycles. The van der Waals surface area contributed by atoms with Crippen LogP contribution in [0.5, 0.6) is 0 Å². The minimum atomic E-state index is -0.729. The number of hydrogen-bond donors (Lipinski definition) is 2. The Kier molecular flexibility index (Phi) is 6.08. The number of benzene rings is 1. The molecule has 0 bridgehead atoms. The van der Waals surface area contributed by atoms with Crippen LogP contribution < -0.4 is 10.6 Å². The second-order valence-corrected chi connectivity index (χ2v) is 5.86. The first-order chi connectivity index (χ1) is 12.6. The van der Waals surface area contributed by atoms with Crippen molar-refractivity contribution in [3.8, 4) is 0 Å². The number of ether oxygens (including phenoxy) is 1. The summed E-state index contributed by atoms with van der Waals surface area (Å²) in [4.78, 5) is 18.5. The van der Waals surface area contributed by atoms with Crippen molar-refractivity contribution in [1.82, 2.24) is 15.2 Å². The molecule has 3 rings (SSSR count). The predicted octanol–water partition coefficient (Wildman–Crippen LogP) is 2.17. The first kappa shape index (κ1) is 18.2. The highest BCUT2D eigenvalue weighted by Crippen LogP contribution is 2.22. The SMILES string of the molecule is O=C(NCCN1CCOCC1)c1ccnc(Nc2c(F)cccc2F)c1. The molecule has 0 saturated carbocycles. The normalized spacial score (nSPS) is 14.8. The molecule has 0 spiro atoms. The zero-order chi connectivity index (χ0) is 18.4. The summed E-state index contributed by atoms with van der Waals surface area (Å²) in [6.07, 6.45) is 1.41. The summed E-state index contributed by atoms with van der Waals surface area (Å²) in [5.41, 5.74) is 0.0612. The van der Waals surface area contributed by atoms with E-state index < -0.39 is 11.6 Å². The van der Waals surface area contributed by atoms with Gasteiger partial charge in [-0.3, -0.25) is 9.69 Å². The summed E-state index contributed by atoms with van der Waals surface area (Å²) in [6, 6.07) is 6.58. The highest BCUT2D eigenvalue weighted by atomic mass is 19.1. The van der Waals surface area contributed by atoms with Crippen LogP contribution in [0.1, 0.15) is 10.4 Å². The van der Waals surface area contributed by atoms with Crippen LogP contribution in [0.4, 0.5) is 20.3 Å². The van der Waals surface area contributed by atoms with Crippen molar-refractivity contribution in [3.05, 3.63) is 53.7 Å². The van der Waals surface area contributed by atoms with Gasteiger partial charge in [0.25, 0.3) is 5.91 Å². The van der Waals surface area contributed by atoms with E-state index in [0.29, 0.717) is 25.3 Å². The Morgan fingerprint density at radius 1 is 1.19 bits per heavy atom. The molecule has 2 aromatic rings. The van der Waals surface area contributed by atoms with Gasteiger partial charge < -0.3 is 15.4 Å².